The van der Waals surface area contributed by atoms with E-state index in [9.17, 15) is 9.90 Å². The van der Waals surface area contributed by atoms with E-state index in [2.05, 4.69) is 5.10 Å². The predicted molar refractivity (Wildman–Crippen MR) is 60.6 cm³/mol. The van der Waals surface area contributed by atoms with Crippen LogP contribution < -0.4 is 11.3 Å². The fraction of sp³-hybridized carbons (Fsp3) is 0.0909. The second kappa shape index (κ2) is 3.69. The molecule has 5 heteroatoms. The Bertz CT molecular complexity index is 573. The summed E-state index contributed by atoms with van der Waals surface area (Å²) in [5, 5.41) is 13.0. The molecule has 2 aromatic rings. The van der Waals surface area contributed by atoms with Crippen molar-refractivity contribution in [2.45, 2.75) is 6.92 Å². The van der Waals surface area contributed by atoms with Crippen LogP contribution in [0.2, 0.25) is 0 Å². The van der Waals surface area contributed by atoms with Crippen LogP contribution in [0.25, 0.3) is 5.69 Å². The third-order valence-corrected chi connectivity index (χ3v) is 2.22. The van der Waals surface area contributed by atoms with Gasteiger partial charge in [-0.3, -0.25) is 4.79 Å². The van der Waals surface area contributed by atoms with Gasteiger partial charge in [-0.25, -0.2) is 0 Å². The van der Waals surface area contributed by atoms with E-state index < -0.39 is 5.56 Å². The monoisotopic (exact) mass is 217 g/mol. The summed E-state index contributed by atoms with van der Waals surface area (Å²) in [7, 11) is 0. The van der Waals surface area contributed by atoms with Crippen molar-refractivity contribution >= 4 is 5.82 Å². The number of aromatic nitrogens is 2. The van der Waals surface area contributed by atoms with Crippen LogP contribution in [0.1, 0.15) is 5.56 Å². The molecular formula is C11H11N3O2. The summed E-state index contributed by atoms with van der Waals surface area (Å²) in [6, 6.07) is 8.31. The van der Waals surface area contributed by atoms with Gasteiger partial charge >= 0.3 is 0 Å². The van der Waals surface area contributed by atoms with Crippen molar-refractivity contribution in [2.75, 3.05) is 5.73 Å². The van der Waals surface area contributed by atoms with E-state index in [1.165, 1.54) is 0 Å². The fourth-order valence-electron chi connectivity index (χ4n) is 1.33. The van der Waals surface area contributed by atoms with Crippen LogP contribution in [0.5, 0.6) is 5.75 Å². The Labute approximate surface area is 91.8 Å². The van der Waals surface area contributed by atoms with Crippen LogP contribution >= 0.6 is 0 Å². The van der Waals surface area contributed by atoms with Gasteiger partial charge < -0.3 is 10.8 Å². The van der Waals surface area contributed by atoms with Gasteiger partial charge in [0.05, 0.1) is 11.8 Å². The Morgan fingerprint density at radius 1 is 1.31 bits per heavy atom. The fourth-order valence-corrected chi connectivity index (χ4v) is 1.33. The lowest BCUT2D eigenvalue weighted by Gasteiger charge is -2.06. The highest BCUT2D eigenvalue weighted by Crippen LogP contribution is 2.13. The number of nitrogens with zero attached hydrogens (tertiary/aromatic N) is 2. The maximum atomic E-state index is 11.6. The molecule has 0 aliphatic heterocycles. The van der Waals surface area contributed by atoms with Crippen LogP contribution in [0.4, 0.5) is 5.82 Å². The first-order valence-electron chi connectivity index (χ1n) is 4.74. The molecular weight excluding hydrogens is 206 g/mol. The largest absolute Gasteiger partial charge is 0.504 e. The average molecular weight is 217 g/mol. The molecule has 0 radical (unpaired) electrons. The molecule has 0 atom stereocenters. The van der Waals surface area contributed by atoms with Gasteiger partial charge in [-0.2, -0.15) is 4.68 Å². The van der Waals surface area contributed by atoms with E-state index in [4.69, 9.17) is 5.73 Å². The van der Waals surface area contributed by atoms with Crippen molar-refractivity contribution in [1.29, 1.82) is 0 Å². The van der Waals surface area contributed by atoms with Gasteiger partial charge in [-0.05, 0) is 19.1 Å². The molecule has 0 unspecified atom stereocenters. The van der Waals surface area contributed by atoms with Gasteiger partial charge in [0.2, 0.25) is 0 Å². The standard InChI is InChI=1S/C11H11N3O2/c1-7-2-4-8(5-3-7)14-10(16)6-9(15)11(12)13-14/h2-6,15H,1H3,(H2,12,13). The molecule has 0 bridgehead atoms. The maximum Gasteiger partial charge on any atom is 0.275 e. The summed E-state index contributed by atoms with van der Waals surface area (Å²) in [6.07, 6.45) is 0. The van der Waals surface area contributed by atoms with E-state index in [1.807, 2.05) is 19.1 Å². The first-order chi connectivity index (χ1) is 7.58. The number of anilines is 1. The Morgan fingerprint density at radius 3 is 2.56 bits per heavy atom. The molecule has 1 aromatic carbocycles. The number of nitrogen functional groups attached to an aromatic ring is 1. The molecule has 0 fully saturated rings. The summed E-state index contributed by atoms with van der Waals surface area (Å²) in [4.78, 5) is 11.6. The van der Waals surface area contributed by atoms with Crippen molar-refractivity contribution in [3.63, 3.8) is 0 Å². The second-order valence-corrected chi connectivity index (χ2v) is 3.50. The van der Waals surface area contributed by atoms with Gasteiger partial charge in [-0.15, -0.1) is 5.10 Å². The third-order valence-electron chi connectivity index (χ3n) is 2.22. The highest BCUT2D eigenvalue weighted by Gasteiger charge is 2.05. The van der Waals surface area contributed by atoms with Gasteiger partial charge in [0.15, 0.2) is 11.6 Å². The highest BCUT2D eigenvalue weighted by molar-refractivity contribution is 5.44. The molecule has 0 spiro atoms. The summed E-state index contributed by atoms with van der Waals surface area (Å²) in [5.74, 6) is -0.367. The lowest BCUT2D eigenvalue weighted by molar-refractivity contribution is 0.471. The molecule has 2 rings (SSSR count). The molecule has 3 N–H and O–H groups in total. The highest BCUT2D eigenvalue weighted by atomic mass is 16.3. The zero-order valence-electron chi connectivity index (χ0n) is 8.71. The molecule has 5 nitrogen and oxygen atoms in total. The van der Waals surface area contributed by atoms with Gasteiger partial charge in [-0.1, -0.05) is 17.7 Å². The normalized spacial score (nSPS) is 10.3. The molecule has 0 aliphatic rings. The SMILES string of the molecule is Cc1ccc(-n2nc(N)c(O)cc2=O)cc1. The minimum atomic E-state index is -0.421. The number of benzene rings is 1. The summed E-state index contributed by atoms with van der Waals surface area (Å²) in [5.41, 5.74) is 6.72. The van der Waals surface area contributed by atoms with Gasteiger partial charge in [0, 0.05) is 0 Å². The third kappa shape index (κ3) is 1.75. The minimum Gasteiger partial charge on any atom is -0.504 e. The van der Waals surface area contributed by atoms with E-state index >= 15 is 0 Å². The van der Waals surface area contributed by atoms with Crippen LogP contribution in [-0.2, 0) is 0 Å². The van der Waals surface area contributed by atoms with Gasteiger partial charge in [0.25, 0.3) is 5.56 Å². The number of aromatic hydroxyl groups is 1. The van der Waals surface area contributed by atoms with Gasteiger partial charge in [0.1, 0.15) is 0 Å². The average Bonchev–Trinajstić information content (AvgIpc) is 2.25. The van der Waals surface area contributed by atoms with Crippen molar-refractivity contribution < 1.29 is 5.11 Å². The topological polar surface area (TPSA) is 81.1 Å². The van der Waals surface area contributed by atoms with E-state index in [-0.39, 0.29) is 11.6 Å². The number of hydrogen-bond donors (Lipinski definition) is 2. The Morgan fingerprint density at radius 2 is 1.94 bits per heavy atom. The minimum absolute atomic E-state index is 0.0693. The van der Waals surface area contributed by atoms with Crippen molar-refractivity contribution in [3.8, 4) is 11.4 Å². The maximum absolute atomic E-state index is 11.6. The number of hydrogen-bond acceptors (Lipinski definition) is 4. The molecule has 16 heavy (non-hydrogen) atoms. The molecule has 1 heterocycles. The van der Waals surface area contributed by atoms with Crippen LogP contribution in [0.15, 0.2) is 35.1 Å². The number of rotatable bonds is 1. The quantitative estimate of drug-likeness (QED) is 0.741. The molecule has 82 valence electrons. The van der Waals surface area contributed by atoms with Crippen LogP contribution in [0.3, 0.4) is 0 Å². The summed E-state index contributed by atoms with van der Waals surface area (Å²) in [6.45, 7) is 1.95. The lowest BCUT2D eigenvalue weighted by Crippen LogP contribution is -2.21. The van der Waals surface area contributed by atoms with Crippen LogP contribution in [-0.4, -0.2) is 14.9 Å². The van der Waals surface area contributed by atoms with Crippen molar-refractivity contribution in [3.05, 3.63) is 46.2 Å². The number of nitrogens with two attached hydrogens (primary N) is 1. The Hall–Kier alpha value is -2.30. The first kappa shape index (κ1) is 10.2. The second-order valence-electron chi connectivity index (χ2n) is 3.50. The van der Waals surface area contributed by atoms with E-state index in [0.717, 1.165) is 16.3 Å². The predicted octanol–water partition coefficient (Wildman–Crippen LogP) is 0.829. The zero-order valence-corrected chi connectivity index (χ0v) is 8.71. The molecule has 0 saturated carbocycles. The Balaban J connectivity index is 2.60. The van der Waals surface area contributed by atoms with Crippen LogP contribution in [0, 0.1) is 6.92 Å². The summed E-state index contributed by atoms with van der Waals surface area (Å²) < 4.78 is 1.15. The molecule has 0 aliphatic carbocycles. The smallest absolute Gasteiger partial charge is 0.275 e. The zero-order chi connectivity index (χ0) is 11.7. The number of aryl methyl sites for hydroxylation is 1. The lowest BCUT2D eigenvalue weighted by atomic mass is 10.2. The van der Waals surface area contributed by atoms with Crippen molar-refractivity contribution in [2.24, 2.45) is 0 Å². The molecule has 1 aromatic heterocycles. The Kier molecular flexibility index (Phi) is 2.36. The van der Waals surface area contributed by atoms with Crippen molar-refractivity contribution in [1.82, 2.24) is 9.78 Å². The van der Waals surface area contributed by atoms with E-state index in [0.29, 0.717) is 5.69 Å². The summed E-state index contributed by atoms with van der Waals surface area (Å²) >= 11 is 0. The molecule has 0 amide bonds. The molecule has 0 saturated heterocycles. The van der Waals surface area contributed by atoms with E-state index in [1.54, 1.807) is 12.1 Å². The first-order valence-corrected chi connectivity index (χ1v) is 4.74.